The molecule has 0 unspecified atom stereocenters. The second kappa shape index (κ2) is 8.00. The molecule has 1 saturated heterocycles. The van der Waals surface area contributed by atoms with Crippen molar-refractivity contribution in [2.75, 3.05) is 18.4 Å². The molecule has 2 amide bonds. The van der Waals surface area contributed by atoms with E-state index in [1.54, 1.807) is 9.47 Å². The van der Waals surface area contributed by atoms with Gasteiger partial charge in [0.05, 0.1) is 24.0 Å². The molecule has 1 fully saturated rings. The standard InChI is InChI=1S/C24H31N5O3/c1-6-21(31)29-12-16(13-29)27-23(32)22-14(2)26-20(28(22)5)11-25-18-10-17-15(9-19(18)30)7-8-24(17,3)4/h6,9-10,16,25,30H,1,7-8,11-13H2,2-5H3,(H,27,32). The Hall–Kier alpha value is -3.29. The predicted octanol–water partition coefficient (Wildman–Crippen LogP) is 2.40. The number of aromatic nitrogens is 2. The molecule has 2 aromatic rings. The summed E-state index contributed by atoms with van der Waals surface area (Å²) in [5.74, 6) is 0.596. The van der Waals surface area contributed by atoms with E-state index in [-0.39, 0.29) is 29.0 Å². The molecule has 32 heavy (non-hydrogen) atoms. The van der Waals surface area contributed by atoms with Crippen LogP contribution in [0.1, 0.15) is 53.4 Å². The number of carbonyl (C=O) groups is 2. The van der Waals surface area contributed by atoms with Gasteiger partial charge in [-0.1, -0.05) is 20.4 Å². The minimum atomic E-state index is -0.207. The van der Waals surface area contributed by atoms with Crippen LogP contribution in [-0.2, 0) is 30.2 Å². The minimum absolute atomic E-state index is 0.0750. The van der Waals surface area contributed by atoms with Gasteiger partial charge in [-0.3, -0.25) is 9.59 Å². The van der Waals surface area contributed by atoms with E-state index in [0.717, 1.165) is 12.8 Å². The van der Waals surface area contributed by atoms with E-state index >= 15 is 0 Å². The third-order valence-corrected chi connectivity index (χ3v) is 6.69. The molecule has 8 nitrogen and oxygen atoms in total. The molecule has 1 aromatic carbocycles. The first-order chi connectivity index (χ1) is 15.1. The molecule has 8 heteroatoms. The molecular formula is C24H31N5O3. The number of aryl methyl sites for hydroxylation is 2. The lowest BCUT2D eigenvalue weighted by atomic mass is 9.86. The van der Waals surface area contributed by atoms with Crippen molar-refractivity contribution in [1.82, 2.24) is 19.8 Å². The summed E-state index contributed by atoms with van der Waals surface area (Å²) >= 11 is 0. The molecule has 0 saturated carbocycles. The summed E-state index contributed by atoms with van der Waals surface area (Å²) in [6.45, 7) is 11.1. The van der Waals surface area contributed by atoms with Gasteiger partial charge in [-0.2, -0.15) is 0 Å². The first kappa shape index (κ1) is 21.9. The maximum atomic E-state index is 12.8. The van der Waals surface area contributed by atoms with Crippen LogP contribution in [0.5, 0.6) is 5.75 Å². The minimum Gasteiger partial charge on any atom is -0.506 e. The molecule has 1 aliphatic carbocycles. The summed E-state index contributed by atoms with van der Waals surface area (Å²) in [5, 5.41) is 16.7. The molecule has 0 bridgehead atoms. The Bertz CT molecular complexity index is 1100. The maximum Gasteiger partial charge on any atom is 0.270 e. The Morgan fingerprint density at radius 1 is 1.34 bits per heavy atom. The second-order valence-corrected chi connectivity index (χ2v) is 9.40. The molecule has 2 aliphatic rings. The number of phenols is 1. The first-order valence-electron chi connectivity index (χ1n) is 11.0. The first-order valence-corrected chi connectivity index (χ1v) is 11.0. The van der Waals surface area contributed by atoms with Crippen LogP contribution in [-0.4, -0.2) is 50.5 Å². The molecule has 2 heterocycles. The van der Waals surface area contributed by atoms with E-state index in [2.05, 4.69) is 36.0 Å². The number of phenolic OH excluding ortho intramolecular Hbond substituents is 1. The number of hydrogen-bond acceptors (Lipinski definition) is 5. The van der Waals surface area contributed by atoms with Crippen molar-refractivity contribution >= 4 is 17.5 Å². The number of aromatic hydroxyl groups is 1. The SMILES string of the molecule is C=CC(=O)N1CC(NC(=O)c2c(C)nc(CNc3cc4c(cc3O)CCC4(C)C)n2C)C1. The largest absolute Gasteiger partial charge is 0.506 e. The van der Waals surface area contributed by atoms with Crippen LogP contribution in [0.4, 0.5) is 5.69 Å². The lowest BCUT2D eigenvalue weighted by Crippen LogP contribution is -2.60. The van der Waals surface area contributed by atoms with E-state index in [9.17, 15) is 14.7 Å². The monoisotopic (exact) mass is 437 g/mol. The molecule has 0 atom stereocenters. The molecule has 1 aliphatic heterocycles. The zero-order valence-electron chi connectivity index (χ0n) is 19.2. The number of fused-ring (bicyclic) bond motifs is 1. The number of hydrogen-bond donors (Lipinski definition) is 3. The van der Waals surface area contributed by atoms with Crippen molar-refractivity contribution in [1.29, 1.82) is 0 Å². The topological polar surface area (TPSA) is 99.5 Å². The van der Waals surface area contributed by atoms with E-state index in [1.807, 2.05) is 26.1 Å². The van der Waals surface area contributed by atoms with Gasteiger partial charge in [0.2, 0.25) is 5.91 Å². The van der Waals surface area contributed by atoms with Crippen molar-refractivity contribution in [3.63, 3.8) is 0 Å². The Morgan fingerprint density at radius 3 is 2.75 bits per heavy atom. The fraction of sp³-hybridized carbons (Fsp3) is 0.458. The molecule has 3 N–H and O–H groups in total. The normalized spacial score (nSPS) is 16.9. The summed E-state index contributed by atoms with van der Waals surface area (Å²) in [6, 6.07) is 3.82. The predicted molar refractivity (Wildman–Crippen MR) is 123 cm³/mol. The number of nitrogens with zero attached hydrogens (tertiary/aromatic N) is 3. The highest BCUT2D eigenvalue weighted by Gasteiger charge is 2.32. The van der Waals surface area contributed by atoms with Gasteiger partial charge in [0, 0.05) is 20.1 Å². The van der Waals surface area contributed by atoms with Crippen molar-refractivity contribution in [2.45, 2.75) is 51.6 Å². The Balaban J connectivity index is 1.43. The van der Waals surface area contributed by atoms with Gasteiger partial charge in [0.25, 0.3) is 5.91 Å². The van der Waals surface area contributed by atoms with Crippen LogP contribution in [0.15, 0.2) is 24.8 Å². The number of anilines is 1. The van der Waals surface area contributed by atoms with Crippen molar-refractivity contribution < 1.29 is 14.7 Å². The summed E-state index contributed by atoms with van der Waals surface area (Å²) in [4.78, 5) is 30.6. The maximum absolute atomic E-state index is 12.8. The highest BCUT2D eigenvalue weighted by molar-refractivity contribution is 5.94. The summed E-state index contributed by atoms with van der Waals surface area (Å²) in [6.07, 6.45) is 3.33. The van der Waals surface area contributed by atoms with Gasteiger partial charge in [-0.25, -0.2) is 4.98 Å². The van der Waals surface area contributed by atoms with E-state index in [0.29, 0.717) is 42.5 Å². The van der Waals surface area contributed by atoms with Crippen molar-refractivity contribution in [3.8, 4) is 5.75 Å². The van der Waals surface area contributed by atoms with Crippen molar-refractivity contribution in [3.05, 3.63) is 53.1 Å². The van der Waals surface area contributed by atoms with Gasteiger partial charge in [-0.15, -0.1) is 0 Å². The number of nitrogens with one attached hydrogen (secondary N) is 2. The number of imidazole rings is 1. The number of carbonyl (C=O) groups excluding carboxylic acids is 2. The van der Waals surface area contributed by atoms with E-state index in [4.69, 9.17) is 0 Å². The number of likely N-dealkylation sites (tertiary alicyclic amines) is 1. The zero-order valence-corrected chi connectivity index (χ0v) is 19.2. The zero-order chi connectivity index (χ0) is 23.2. The lowest BCUT2D eigenvalue weighted by molar-refractivity contribution is -0.130. The Kier molecular flexibility index (Phi) is 5.48. The third kappa shape index (κ3) is 3.85. The summed E-state index contributed by atoms with van der Waals surface area (Å²) in [7, 11) is 1.81. The lowest BCUT2D eigenvalue weighted by Gasteiger charge is -2.38. The molecular weight excluding hydrogens is 406 g/mol. The molecule has 170 valence electrons. The summed E-state index contributed by atoms with van der Waals surface area (Å²) in [5.41, 5.74) is 4.37. The van der Waals surface area contributed by atoms with Gasteiger partial charge in [-0.05, 0) is 54.5 Å². The fourth-order valence-corrected chi connectivity index (χ4v) is 4.67. The average Bonchev–Trinajstić information content (AvgIpc) is 3.16. The van der Waals surface area contributed by atoms with Gasteiger partial charge < -0.3 is 25.2 Å². The van der Waals surface area contributed by atoms with E-state index in [1.165, 1.54) is 17.2 Å². The molecule has 4 rings (SSSR count). The number of rotatable bonds is 6. The highest BCUT2D eigenvalue weighted by Crippen LogP contribution is 2.42. The van der Waals surface area contributed by atoms with Gasteiger partial charge >= 0.3 is 0 Å². The second-order valence-electron chi connectivity index (χ2n) is 9.40. The van der Waals surface area contributed by atoms with Gasteiger partial charge in [0.1, 0.15) is 17.3 Å². The Labute approximate surface area is 188 Å². The van der Waals surface area contributed by atoms with Gasteiger partial charge in [0.15, 0.2) is 0 Å². The fourth-order valence-electron chi connectivity index (χ4n) is 4.67. The Morgan fingerprint density at radius 2 is 2.06 bits per heavy atom. The van der Waals surface area contributed by atoms with Crippen LogP contribution >= 0.6 is 0 Å². The van der Waals surface area contributed by atoms with Crippen molar-refractivity contribution in [2.24, 2.45) is 7.05 Å². The third-order valence-electron chi connectivity index (χ3n) is 6.69. The van der Waals surface area contributed by atoms with Crippen LogP contribution in [0.3, 0.4) is 0 Å². The summed E-state index contributed by atoms with van der Waals surface area (Å²) < 4.78 is 1.78. The number of benzene rings is 1. The molecule has 0 radical (unpaired) electrons. The average molecular weight is 438 g/mol. The van der Waals surface area contributed by atoms with Crippen LogP contribution in [0.2, 0.25) is 0 Å². The number of amides is 2. The highest BCUT2D eigenvalue weighted by atomic mass is 16.3. The van der Waals surface area contributed by atoms with Crippen LogP contribution in [0, 0.1) is 6.92 Å². The molecule has 1 aromatic heterocycles. The smallest absolute Gasteiger partial charge is 0.270 e. The van der Waals surface area contributed by atoms with Crippen LogP contribution < -0.4 is 10.6 Å². The quantitative estimate of drug-likeness (QED) is 0.476. The van der Waals surface area contributed by atoms with Crippen LogP contribution in [0.25, 0.3) is 0 Å². The molecule has 0 spiro atoms. The van der Waals surface area contributed by atoms with E-state index < -0.39 is 0 Å².